The molecule has 1 N–H and O–H groups in total. The zero-order chi connectivity index (χ0) is 12.1. The van der Waals surface area contributed by atoms with Gasteiger partial charge in [-0.25, -0.2) is 0 Å². The van der Waals surface area contributed by atoms with Gasteiger partial charge in [0.25, 0.3) is 0 Å². The number of likely N-dealkylation sites (tertiary alicyclic amines) is 1. The SMILES string of the molecule is N#CCC1CNCCC1=C1CCN(C#N)CC1. The second-order valence-corrected chi connectivity index (χ2v) is 4.73. The normalized spacial score (nSPS) is 25.3. The van der Waals surface area contributed by atoms with E-state index < -0.39 is 0 Å². The molecule has 1 atom stereocenters. The van der Waals surface area contributed by atoms with E-state index >= 15 is 0 Å². The summed E-state index contributed by atoms with van der Waals surface area (Å²) in [5, 5.41) is 21.1. The molecule has 0 amide bonds. The molecular formula is C13H18N4. The van der Waals surface area contributed by atoms with Crippen LogP contribution >= 0.6 is 0 Å². The maximum Gasteiger partial charge on any atom is 0.179 e. The van der Waals surface area contributed by atoms with Crippen LogP contribution in [0.4, 0.5) is 0 Å². The molecule has 0 aromatic heterocycles. The van der Waals surface area contributed by atoms with E-state index in [-0.39, 0.29) is 0 Å². The summed E-state index contributed by atoms with van der Waals surface area (Å²) in [5.41, 5.74) is 3.01. The van der Waals surface area contributed by atoms with Crippen molar-refractivity contribution in [2.75, 3.05) is 26.2 Å². The lowest BCUT2D eigenvalue weighted by atomic mass is 9.84. The fourth-order valence-electron chi connectivity index (χ4n) is 2.80. The zero-order valence-electron chi connectivity index (χ0n) is 10.1. The molecule has 0 saturated carbocycles. The van der Waals surface area contributed by atoms with Crippen LogP contribution in [0.25, 0.3) is 0 Å². The minimum Gasteiger partial charge on any atom is -0.316 e. The number of nitriles is 2. The fraction of sp³-hybridized carbons (Fsp3) is 0.692. The van der Waals surface area contributed by atoms with E-state index in [1.54, 1.807) is 0 Å². The molecule has 2 heterocycles. The van der Waals surface area contributed by atoms with Gasteiger partial charge in [-0.2, -0.15) is 10.5 Å². The van der Waals surface area contributed by atoms with Crippen molar-refractivity contribution in [1.82, 2.24) is 10.2 Å². The Hall–Kier alpha value is -1.52. The minimum absolute atomic E-state index is 0.400. The van der Waals surface area contributed by atoms with Crippen LogP contribution in [-0.2, 0) is 0 Å². The quantitative estimate of drug-likeness (QED) is 0.546. The zero-order valence-corrected chi connectivity index (χ0v) is 10.1. The van der Waals surface area contributed by atoms with Gasteiger partial charge in [0.1, 0.15) is 0 Å². The van der Waals surface area contributed by atoms with Crippen molar-refractivity contribution >= 4 is 0 Å². The van der Waals surface area contributed by atoms with Crippen molar-refractivity contribution in [2.45, 2.75) is 25.7 Å². The summed E-state index contributed by atoms with van der Waals surface area (Å²) < 4.78 is 0. The number of nitrogens with zero attached hydrogens (tertiary/aromatic N) is 3. The summed E-state index contributed by atoms with van der Waals surface area (Å²) in [5.74, 6) is 0.400. The van der Waals surface area contributed by atoms with Crippen LogP contribution in [0.15, 0.2) is 11.1 Å². The van der Waals surface area contributed by atoms with Gasteiger partial charge in [-0.15, -0.1) is 0 Å². The molecule has 2 aliphatic rings. The van der Waals surface area contributed by atoms with Crippen LogP contribution in [0.5, 0.6) is 0 Å². The standard InChI is InChI=1S/C13H18N4/c14-5-1-12-9-16-6-2-13(12)11-3-7-17(10-15)8-4-11/h12,16H,1-4,6-9H2. The second-order valence-electron chi connectivity index (χ2n) is 4.73. The van der Waals surface area contributed by atoms with Crippen molar-refractivity contribution in [2.24, 2.45) is 5.92 Å². The van der Waals surface area contributed by atoms with E-state index in [2.05, 4.69) is 17.6 Å². The molecule has 2 saturated heterocycles. The summed E-state index contributed by atoms with van der Waals surface area (Å²) >= 11 is 0. The molecule has 0 aliphatic carbocycles. The molecule has 17 heavy (non-hydrogen) atoms. The highest BCUT2D eigenvalue weighted by Gasteiger charge is 2.23. The minimum atomic E-state index is 0.400. The molecule has 0 aromatic carbocycles. The first-order valence-corrected chi connectivity index (χ1v) is 6.28. The molecule has 2 fully saturated rings. The lowest BCUT2D eigenvalue weighted by molar-refractivity contribution is 0.355. The third-order valence-corrected chi connectivity index (χ3v) is 3.75. The second kappa shape index (κ2) is 5.70. The number of rotatable bonds is 1. The van der Waals surface area contributed by atoms with Crippen molar-refractivity contribution in [3.63, 3.8) is 0 Å². The molecular weight excluding hydrogens is 212 g/mol. The van der Waals surface area contributed by atoms with Crippen molar-refractivity contribution < 1.29 is 0 Å². The summed E-state index contributed by atoms with van der Waals surface area (Å²) in [7, 11) is 0. The Labute approximate surface area is 103 Å². The van der Waals surface area contributed by atoms with Gasteiger partial charge in [0.2, 0.25) is 0 Å². The third-order valence-electron chi connectivity index (χ3n) is 3.75. The van der Waals surface area contributed by atoms with Gasteiger partial charge in [-0.05, 0) is 25.8 Å². The Morgan fingerprint density at radius 1 is 1.24 bits per heavy atom. The predicted molar refractivity (Wildman–Crippen MR) is 64.7 cm³/mol. The number of hydrogen-bond donors (Lipinski definition) is 1. The van der Waals surface area contributed by atoms with Crippen molar-refractivity contribution in [3.05, 3.63) is 11.1 Å². The fourth-order valence-corrected chi connectivity index (χ4v) is 2.80. The molecule has 4 nitrogen and oxygen atoms in total. The molecule has 90 valence electrons. The number of hydrogen-bond acceptors (Lipinski definition) is 4. The lowest BCUT2D eigenvalue weighted by Gasteiger charge is -2.31. The Balaban J connectivity index is 2.08. The molecule has 2 aliphatic heterocycles. The van der Waals surface area contributed by atoms with E-state index in [9.17, 15) is 0 Å². The molecule has 4 heteroatoms. The Morgan fingerprint density at radius 3 is 2.65 bits per heavy atom. The van der Waals surface area contributed by atoms with Crippen LogP contribution in [0.3, 0.4) is 0 Å². The van der Waals surface area contributed by atoms with Crippen LogP contribution in [0, 0.1) is 28.7 Å². The van der Waals surface area contributed by atoms with Gasteiger partial charge < -0.3 is 10.2 Å². The van der Waals surface area contributed by atoms with E-state index in [4.69, 9.17) is 10.5 Å². The van der Waals surface area contributed by atoms with Crippen molar-refractivity contribution in [3.8, 4) is 12.3 Å². The smallest absolute Gasteiger partial charge is 0.179 e. The first kappa shape index (κ1) is 12.0. The largest absolute Gasteiger partial charge is 0.316 e. The Kier molecular flexibility index (Phi) is 4.01. The number of piperidine rings is 2. The first-order chi connectivity index (χ1) is 8.35. The molecule has 1 unspecified atom stereocenters. The highest BCUT2D eigenvalue weighted by atomic mass is 15.1. The van der Waals surface area contributed by atoms with Gasteiger partial charge in [0, 0.05) is 32.0 Å². The van der Waals surface area contributed by atoms with Crippen LogP contribution in [-0.4, -0.2) is 31.1 Å². The van der Waals surface area contributed by atoms with Gasteiger partial charge in [0.05, 0.1) is 6.07 Å². The Bertz CT molecular complexity index is 375. The van der Waals surface area contributed by atoms with E-state index in [0.29, 0.717) is 12.3 Å². The van der Waals surface area contributed by atoms with Crippen molar-refractivity contribution in [1.29, 1.82) is 10.5 Å². The van der Waals surface area contributed by atoms with Gasteiger partial charge >= 0.3 is 0 Å². The predicted octanol–water partition coefficient (Wildman–Crippen LogP) is 1.38. The molecule has 0 radical (unpaired) electrons. The summed E-state index contributed by atoms with van der Waals surface area (Å²) in [6, 6.07) is 2.29. The molecule has 0 bridgehead atoms. The summed E-state index contributed by atoms with van der Waals surface area (Å²) in [4.78, 5) is 1.82. The maximum atomic E-state index is 8.86. The monoisotopic (exact) mass is 230 g/mol. The first-order valence-electron chi connectivity index (χ1n) is 6.28. The number of nitrogens with one attached hydrogen (secondary N) is 1. The topological polar surface area (TPSA) is 62.9 Å². The summed E-state index contributed by atoms with van der Waals surface area (Å²) in [6.07, 6.45) is 5.92. The van der Waals surface area contributed by atoms with E-state index in [0.717, 1.165) is 45.4 Å². The van der Waals surface area contributed by atoms with E-state index in [1.165, 1.54) is 11.1 Å². The van der Waals surface area contributed by atoms with Gasteiger partial charge in [-0.1, -0.05) is 11.1 Å². The lowest BCUT2D eigenvalue weighted by Crippen LogP contribution is -2.34. The van der Waals surface area contributed by atoms with Crippen LogP contribution < -0.4 is 5.32 Å². The highest BCUT2D eigenvalue weighted by molar-refractivity contribution is 5.23. The average molecular weight is 230 g/mol. The van der Waals surface area contributed by atoms with Crippen LogP contribution in [0.1, 0.15) is 25.7 Å². The molecule has 2 rings (SSSR count). The van der Waals surface area contributed by atoms with Gasteiger partial charge in [-0.3, -0.25) is 0 Å². The van der Waals surface area contributed by atoms with Gasteiger partial charge in [0.15, 0.2) is 6.19 Å². The molecule has 0 aromatic rings. The molecule has 0 spiro atoms. The maximum absolute atomic E-state index is 8.86. The third kappa shape index (κ3) is 2.78. The summed E-state index contributed by atoms with van der Waals surface area (Å²) in [6.45, 7) is 3.67. The van der Waals surface area contributed by atoms with E-state index in [1.807, 2.05) is 4.90 Å². The van der Waals surface area contributed by atoms with Crippen LogP contribution in [0.2, 0.25) is 0 Å². The average Bonchev–Trinajstić information content (AvgIpc) is 2.40. The Morgan fingerprint density at radius 2 is 2.00 bits per heavy atom. The highest BCUT2D eigenvalue weighted by Crippen LogP contribution is 2.29.